The van der Waals surface area contributed by atoms with E-state index in [0.29, 0.717) is 0 Å². The Bertz CT molecular complexity index is 919. The predicted molar refractivity (Wildman–Crippen MR) is 75.6 cm³/mol. The van der Waals surface area contributed by atoms with E-state index in [-0.39, 0.29) is 6.08 Å². The first-order valence-electron chi connectivity index (χ1n) is 7.68. The molecule has 0 aliphatic rings. The first-order valence-corrected chi connectivity index (χ1v) is 9.33. The largest absolute Gasteiger partial charge is 0.461 e. The van der Waals surface area contributed by atoms with Gasteiger partial charge in [-0.05, 0) is 0 Å². The van der Waals surface area contributed by atoms with Gasteiger partial charge in [-0.3, -0.25) is 0 Å². The molecule has 0 saturated heterocycles. The zero-order valence-electron chi connectivity index (χ0n) is 15.7. The molecule has 0 bridgehead atoms. The van der Waals surface area contributed by atoms with Crippen molar-refractivity contribution in [3.8, 4) is 0 Å². The van der Waals surface area contributed by atoms with Crippen LogP contribution < -0.4 is 0 Å². The van der Waals surface area contributed by atoms with Gasteiger partial charge in [0.25, 0.3) is 0 Å². The van der Waals surface area contributed by atoms with Crippen LogP contribution in [0.25, 0.3) is 0 Å². The Hall–Kier alpha value is -2.03. The van der Waals surface area contributed by atoms with E-state index in [0.717, 1.165) is 0 Å². The highest BCUT2D eigenvalue weighted by Crippen LogP contribution is 2.64. The third-order valence-electron chi connectivity index (χ3n) is 3.85. The minimum Gasteiger partial charge on any atom is -0.461 e. The molecule has 0 fully saturated rings. The molecule has 4 nitrogen and oxygen atoms in total. The molecule has 0 saturated carbocycles. The highest BCUT2D eigenvalue weighted by Gasteiger charge is 2.96. The fraction of sp³-hybridized carbons (Fsp3) is 0.769. The van der Waals surface area contributed by atoms with Gasteiger partial charge in [0, 0.05) is 6.08 Å². The molecule has 0 aliphatic heterocycles. The van der Waals surface area contributed by atoms with Gasteiger partial charge in [0.05, 0.1) is 5.75 Å². The topological polar surface area (TPSA) is 60.4 Å². The maximum Gasteiger partial charge on any atom is 0.460 e. The van der Waals surface area contributed by atoms with Crippen molar-refractivity contribution < 1.29 is 92.6 Å². The first kappa shape index (κ1) is 33.0. The monoisotopic (exact) mass is 582 g/mol. The van der Waals surface area contributed by atoms with Crippen molar-refractivity contribution in [3.05, 3.63) is 12.7 Å². The lowest BCUT2D eigenvalue weighted by atomic mass is 9.91. The van der Waals surface area contributed by atoms with E-state index in [1.54, 1.807) is 0 Å². The zero-order valence-corrected chi connectivity index (χ0v) is 16.5. The van der Waals surface area contributed by atoms with Crippen LogP contribution in [0.4, 0.5) is 74.6 Å². The maximum atomic E-state index is 13.6. The SMILES string of the molecule is C=CC(=O)OCCS(=O)(=O)C(F)(F)C(F)(F)C(F)(F)C(F)(F)C(F)(F)C(F)(F)C(F)(F)C(F)(F)F. The number of halogens is 17. The summed E-state index contributed by atoms with van der Waals surface area (Å²) < 4.78 is 248. The summed E-state index contributed by atoms with van der Waals surface area (Å²) in [7, 11) is -7.27. The molecule has 0 aromatic rings. The van der Waals surface area contributed by atoms with Crippen molar-refractivity contribution in [2.45, 2.75) is 47.0 Å². The van der Waals surface area contributed by atoms with Crippen LogP contribution in [0.5, 0.6) is 0 Å². The Labute approximate surface area is 181 Å². The molecule has 0 rings (SSSR count). The minimum atomic E-state index is -8.89. The molecular weight excluding hydrogens is 575 g/mol. The number of carbonyl (C=O) groups excluding carboxylic acids is 1. The number of ether oxygens (including phenoxy) is 1. The van der Waals surface area contributed by atoms with Gasteiger partial charge in [-0.2, -0.15) is 74.6 Å². The average molecular weight is 582 g/mol. The summed E-state index contributed by atoms with van der Waals surface area (Å²) >= 11 is 0. The van der Waals surface area contributed by atoms with E-state index < -0.39 is 75.1 Å². The molecule has 0 aromatic heterocycles. The Balaban J connectivity index is 6.69. The van der Waals surface area contributed by atoms with E-state index in [4.69, 9.17) is 0 Å². The van der Waals surface area contributed by atoms with Gasteiger partial charge in [0.15, 0.2) is 0 Å². The van der Waals surface area contributed by atoms with E-state index >= 15 is 0 Å². The quantitative estimate of drug-likeness (QED) is 0.194. The molecule has 0 atom stereocenters. The van der Waals surface area contributed by atoms with Gasteiger partial charge in [0.1, 0.15) is 6.61 Å². The van der Waals surface area contributed by atoms with Crippen molar-refractivity contribution in [3.63, 3.8) is 0 Å². The van der Waals surface area contributed by atoms with Crippen LogP contribution in [-0.2, 0) is 19.4 Å². The van der Waals surface area contributed by atoms with Gasteiger partial charge in [-0.25, -0.2) is 13.2 Å². The van der Waals surface area contributed by atoms with Crippen molar-refractivity contribution in [2.75, 3.05) is 12.4 Å². The van der Waals surface area contributed by atoms with Gasteiger partial charge in [-0.1, -0.05) is 6.58 Å². The van der Waals surface area contributed by atoms with Crippen LogP contribution in [0, 0.1) is 0 Å². The summed E-state index contributed by atoms with van der Waals surface area (Å²) in [6.07, 6.45) is -7.70. The number of alkyl halides is 17. The molecule has 0 amide bonds. The molecule has 0 aliphatic carbocycles. The lowest BCUT2D eigenvalue weighted by Crippen LogP contribution is -2.75. The molecule has 0 heterocycles. The third-order valence-corrected chi connectivity index (χ3v) is 5.59. The van der Waals surface area contributed by atoms with E-state index in [1.165, 1.54) is 0 Å². The molecule has 0 aromatic carbocycles. The normalized spacial score (nSPS) is 15.7. The zero-order chi connectivity index (χ0) is 28.9. The highest BCUT2D eigenvalue weighted by atomic mass is 32.2. The summed E-state index contributed by atoms with van der Waals surface area (Å²) in [5.74, 6) is -56.2. The summed E-state index contributed by atoms with van der Waals surface area (Å²) in [6, 6.07) is 0. The van der Waals surface area contributed by atoms with Gasteiger partial charge in [-0.15, -0.1) is 0 Å². The fourth-order valence-corrected chi connectivity index (χ4v) is 2.86. The summed E-state index contributed by atoms with van der Waals surface area (Å²) in [4.78, 5) is 10.6. The van der Waals surface area contributed by atoms with Crippen LogP contribution in [0.1, 0.15) is 0 Å². The van der Waals surface area contributed by atoms with Crippen LogP contribution in [-0.4, -0.2) is 73.7 Å². The molecule has 208 valence electrons. The molecule has 0 N–H and O–H groups in total. The van der Waals surface area contributed by atoms with Crippen molar-refractivity contribution in [1.82, 2.24) is 0 Å². The Morgan fingerprint density at radius 3 is 1.26 bits per heavy atom. The Morgan fingerprint density at radius 1 is 0.629 bits per heavy atom. The van der Waals surface area contributed by atoms with Crippen LogP contribution in [0.15, 0.2) is 12.7 Å². The average Bonchev–Trinajstić information content (AvgIpc) is 2.65. The molecule has 0 radical (unpaired) electrons. The number of esters is 1. The van der Waals surface area contributed by atoms with Crippen molar-refractivity contribution in [1.29, 1.82) is 0 Å². The summed E-state index contributed by atoms with van der Waals surface area (Å²) in [5.41, 5.74) is 0. The van der Waals surface area contributed by atoms with E-state index in [2.05, 4.69) is 11.3 Å². The molecule has 0 unspecified atom stereocenters. The number of hydrogen-bond donors (Lipinski definition) is 0. The number of carbonyl (C=O) groups is 1. The molecular formula is C13H7F17O4S. The lowest BCUT2D eigenvalue weighted by molar-refractivity contribution is -0.458. The van der Waals surface area contributed by atoms with Gasteiger partial charge < -0.3 is 4.74 Å². The maximum absolute atomic E-state index is 13.6. The first-order chi connectivity index (χ1) is 15.0. The number of sulfone groups is 1. The fourth-order valence-electron chi connectivity index (χ4n) is 1.78. The predicted octanol–water partition coefficient (Wildman–Crippen LogP) is 5.10. The summed E-state index contributed by atoms with van der Waals surface area (Å²) in [6.45, 7) is 0.758. The Morgan fingerprint density at radius 2 is 0.943 bits per heavy atom. The molecule has 22 heteroatoms. The van der Waals surface area contributed by atoms with Gasteiger partial charge >= 0.3 is 52.9 Å². The second-order valence-electron chi connectivity index (χ2n) is 6.15. The Kier molecular flexibility index (Phi) is 8.31. The highest BCUT2D eigenvalue weighted by molar-refractivity contribution is 7.92. The van der Waals surface area contributed by atoms with Crippen molar-refractivity contribution >= 4 is 15.8 Å². The number of rotatable bonds is 11. The molecule has 35 heavy (non-hydrogen) atoms. The summed E-state index contributed by atoms with van der Waals surface area (Å²) in [5, 5.41) is -7.62. The van der Waals surface area contributed by atoms with E-state index in [1.807, 2.05) is 0 Å². The lowest BCUT2D eigenvalue weighted by Gasteiger charge is -2.42. The minimum absolute atomic E-state index is 0.201. The van der Waals surface area contributed by atoms with Crippen LogP contribution >= 0.6 is 0 Å². The second kappa shape index (κ2) is 8.82. The van der Waals surface area contributed by atoms with Crippen molar-refractivity contribution in [2.24, 2.45) is 0 Å². The van der Waals surface area contributed by atoms with E-state index in [9.17, 15) is 87.8 Å². The van der Waals surface area contributed by atoms with Gasteiger partial charge in [0.2, 0.25) is 9.84 Å². The molecule has 0 spiro atoms. The standard InChI is InChI=1S/C13H7F17O4S/c1-2-5(31)34-3-4-35(32,33)13(29,30)11(24,25)9(20,21)7(16,17)6(14,15)8(18,19)10(22,23)12(26,27)28/h2H,1,3-4H2. The van der Waals surface area contributed by atoms with Crippen LogP contribution in [0.2, 0.25) is 0 Å². The third kappa shape index (κ3) is 4.60. The second-order valence-corrected chi connectivity index (χ2v) is 8.30. The smallest absolute Gasteiger partial charge is 0.460 e. The number of hydrogen-bond acceptors (Lipinski definition) is 4. The van der Waals surface area contributed by atoms with Crippen LogP contribution in [0.3, 0.4) is 0 Å².